The molecule has 2 rings (SSSR count). The van der Waals surface area contributed by atoms with Gasteiger partial charge in [0.15, 0.2) is 0 Å². The van der Waals surface area contributed by atoms with Crippen molar-refractivity contribution in [2.24, 2.45) is 7.05 Å². The Morgan fingerprint density at radius 1 is 1.45 bits per heavy atom. The van der Waals surface area contributed by atoms with E-state index in [9.17, 15) is 8.42 Å². The lowest BCUT2D eigenvalue weighted by molar-refractivity contribution is 0.269. The largest absolute Gasteiger partial charge is 0.394 e. The Bertz CT molecular complexity index is 661. The van der Waals surface area contributed by atoms with Gasteiger partial charge in [-0.2, -0.15) is 5.10 Å². The van der Waals surface area contributed by atoms with Gasteiger partial charge in [-0.05, 0) is 0 Å². The summed E-state index contributed by atoms with van der Waals surface area (Å²) in [6.45, 7) is 0.439. The van der Waals surface area contributed by atoms with Crippen molar-refractivity contribution >= 4 is 10.0 Å². The summed E-state index contributed by atoms with van der Waals surface area (Å²) >= 11 is 0. The maximum atomic E-state index is 12.0. The Morgan fingerprint density at radius 2 is 2.25 bits per heavy atom. The first-order valence-corrected chi connectivity index (χ1v) is 7.60. The quantitative estimate of drug-likeness (QED) is 0.692. The standard InChI is InChI=1S/C11H17N5O3S/c1-15-5-4-12-11(15)2-3-14-20(18,19)10-8-13-16(9-10)6-7-17/h4-5,8-9,14,17H,2-3,6-7H2,1H3. The van der Waals surface area contributed by atoms with Crippen molar-refractivity contribution in [2.45, 2.75) is 17.9 Å². The molecule has 20 heavy (non-hydrogen) atoms. The third kappa shape index (κ3) is 3.44. The lowest BCUT2D eigenvalue weighted by atomic mass is 10.4. The average molecular weight is 299 g/mol. The van der Waals surface area contributed by atoms with E-state index in [1.807, 2.05) is 17.8 Å². The number of nitrogens with one attached hydrogen (secondary N) is 1. The van der Waals surface area contributed by atoms with Crippen LogP contribution >= 0.6 is 0 Å². The molecule has 8 nitrogen and oxygen atoms in total. The fourth-order valence-corrected chi connectivity index (χ4v) is 2.71. The van der Waals surface area contributed by atoms with E-state index in [0.29, 0.717) is 6.42 Å². The summed E-state index contributed by atoms with van der Waals surface area (Å²) in [5.74, 6) is 0.809. The highest BCUT2D eigenvalue weighted by Gasteiger charge is 2.16. The predicted octanol–water partition coefficient (Wildman–Crippen LogP) is -0.870. The lowest BCUT2D eigenvalue weighted by Gasteiger charge is -2.04. The van der Waals surface area contributed by atoms with Gasteiger partial charge in [-0.25, -0.2) is 18.1 Å². The summed E-state index contributed by atoms with van der Waals surface area (Å²) in [7, 11) is -1.72. The van der Waals surface area contributed by atoms with E-state index in [1.54, 1.807) is 6.20 Å². The molecule has 0 bridgehead atoms. The summed E-state index contributed by atoms with van der Waals surface area (Å²) in [4.78, 5) is 4.21. The Balaban J connectivity index is 1.95. The first-order chi connectivity index (χ1) is 9.53. The molecule has 0 atom stereocenters. The van der Waals surface area contributed by atoms with E-state index in [2.05, 4.69) is 14.8 Å². The fraction of sp³-hybridized carbons (Fsp3) is 0.455. The average Bonchev–Trinajstić information content (AvgIpc) is 3.00. The first-order valence-electron chi connectivity index (χ1n) is 6.12. The minimum absolute atomic E-state index is 0.0887. The molecule has 0 unspecified atom stereocenters. The number of imidazole rings is 1. The van der Waals surface area contributed by atoms with E-state index >= 15 is 0 Å². The molecule has 0 aliphatic rings. The van der Waals surface area contributed by atoms with E-state index in [0.717, 1.165) is 5.82 Å². The van der Waals surface area contributed by atoms with Crippen molar-refractivity contribution in [3.05, 3.63) is 30.6 Å². The van der Waals surface area contributed by atoms with Gasteiger partial charge in [0.1, 0.15) is 10.7 Å². The maximum absolute atomic E-state index is 12.0. The smallest absolute Gasteiger partial charge is 0.243 e. The molecular formula is C11H17N5O3S. The van der Waals surface area contributed by atoms with Crippen molar-refractivity contribution in [1.82, 2.24) is 24.1 Å². The van der Waals surface area contributed by atoms with Crippen LogP contribution in [0.5, 0.6) is 0 Å². The first kappa shape index (κ1) is 14.7. The van der Waals surface area contributed by atoms with Crippen LogP contribution in [-0.4, -0.2) is 46.0 Å². The van der Waals surface area contributed by atoms with Crippen LogP contribution in [-0.2, 0) is 30.0 Å². The van der Waals surface area contributed by atoms with Gasteiger partial charge >= 0.3 is 0 Å². The summed E-state index contributed by atoms with van der Waals surface area (Å²) in [5.41, 5.74) is 0. The van der Waals surface area contributed by atoms with Gasteiger partial charge in [0, 0.05) is 38.6 Å². The molecule has 0 aliphatic heterocycles. The Kier molecular flexibility index (Phi) is 4.53. The zero-order valence-corrected chi connectivity index (χ0v) is 11.9. The molecule has 0 aliphatic carbocycles. The van der Waals surface area contributed by atoms with Crippen LogP contribution in [0.1, 0.15) is 5.82 Å². The second-order valence-electron chi connectivity index (χ2n) is 4.26. The minimum Gasteiger partial charge on any atom is -0.394 e. The van der Waals surface area contributed by atoms with Crippen molar-refractivity contribution in [3.8, 4) is 0 Å². The molecule has 0 radical (unpaired) electrons. The second-order valence-corrected chi connectivity index (χ2v) is 6.03. The van der Waals surface area contributed by atoms with Crippen LogP contribution in [0.15, 0.2) is 29.7 Å². The van der Waals surface area contributed by atoms with Crippen LogP contribution in [0.3, 0.4) is 0 Å². The molecule has 9 heteroatoms. The van der Waals surface area contributed by atoms with Gasteiger partial charge in [0.2, 0.25) is 10.0 Å². The molecular weight excluding hydrogens is 282 g/mol. The number of hydrogen-bond donors (Lipinski definition) is 2. The van der Waals surface area contributed by atoms with Gasteiger partial charge < -0.3 is 9.67 Å². The second kappa shape index (κ2) is 6.16. The van der Waals surface area contributed by atoms with Crippen LogP contribution < -0.4 is 4.72 Å². The van der Waals surface area contributed by atoms with Gasteiger partial charge in [-0.1, -0.05) is 0 Å². The normalized spacial score (nSPS) is 11.9. The molecule has 0 saturated carbocycles. The van der Waals surface area contributed by atoms with Crippen molar-refractivity contribution in [2.75, 3.05) is 13.2 Å². The molecule has 0 amide bonds. The number of aliphatic hydroxyl groups is 1. The highest BCUT2D eigenvalue weighted by atomic mass is 32.2. The zero-order valence-electron chi connectivity index (χ0n) is 11.1. The van der Waals surface area contributed by atoms with Crippen molar-refractivity contribution in [1.29, 1.82) is 0 Å². The monoisotopic (exact) mass is 299 g/mol. The molecule has 2 heterocycles. The summed E-state index contributed by atoms with van der Waals surface area (Å²) in [5, 5.41) is 12.6. The molecule has 0 aromatic carbocycles. The number of hydrogen-bond acceptors (Lipinski definition) is 5. The van der Waals surface area contributed by atoms with E-state index in [-0.39, 0.29) is 24.6 Å². The highest BCUT2D eigenvalue weighted by molar-refractivity contribution is 7.89. The van der Waals surface area contributed by atoms with Crippen LogP contribution in [0.25, 0.3) is 0 Å². The lowest BCUT2D eigenvalue weighted by Crippen LogP contribution is -2.26. The molecule has 0 spiro atoms. The molecule has 0 saturated heterocycles. The van der Waals surface area contributed by atoms with E-state index in [1.165, 1.54) is 17.1 Å². The van der Waals surface area contributed by atoms with Gasteiger partial charge in [0.25, 0.3) is 0 Å². The summed E-state index contributed by atoms with van der Waals surface area (Å²) in [6.07, 6.45) is 6.64. The predicted molar refractivity (Wildman–Crippen MR) is 71.4 cm³/mol. The van der Waals surface area contributed by atoms with Crippen LogP contribution in [0.4, 0.5) is 0 Å². The van der Waals surface area contributed by atoms with Gasteiger partial charge in [-0.3, -0.25) is 4.68 Å². The summed E-state index contributed by atoms with van der Waals surface area (Å²) in [6, 6.07) is 0. The topological polar surface area (TPSA) is 102 Å². The Morgan fingerprint density at radius 3 is 2.90 bits per heavy atom. The summed E-state index contributed by atoms with van der Waals surface area (Å²) < 4.78 is 29.7. The Labute approximate surface area is 117 Å². The third-order valence-electron chi connectivity index (χ3n) is 2.81. The van der Waals surface area contributed by atoms with Crippen molar-refractivity contribution < 1.29 is 13.5 Å². The van der Waals surface area contributed by atoms with Gasteiger partial charge in [0.05, 0.1) is 19.3 Å². The van der Waals surface area contributed by atoms with Crippen LogP contribution in [0, 0.1) is 0 Å². The SMILES string of the molecule is Cn1ccnc1CCNS(=O)(=O)c1cnn(CCO)c1. The number of sulfonamides is 1. The highest BCUT2D eigenvalue weighted by Crippen LogP contribution is 2.06. The molecule has 2 aromatic rings. The van der Waals surface area contributed by atoms with Gasteiger partial charge in [-0.15, -0.1) is 0 Å². The van der Waals surface area contributed by atoms with Crippen molar-refractivity contribution in [3.63, 3.8) is 0 Å². The fourth-order valence-electron chi connectivity index (χ4n) is 1.73. The molecule has 2 N–H and O–H groups in total. The zero-order chi connectivity index (χ0) is 14.6. The van der Waals surface area contributed by atoms with Crippen LogP contribution in [0.2, 0.25) is 0 Å². The number of aliphatic hydroxyl groups excluding tert-OH is 1. The maximum Gasteiger partial charge on any atom is 0.243 e. The number of aryl methyl sites for hydroxylation is 1. The molecule has 0 fully saturated rings. The minimum atomic E-state index is -3.58. The number of rotatable bonds is 7. The Hall–Kier alpha value is -1.71. The third-order valence-corrected chi connectivity index (χ3v) is 4.23. The van der Waals surface area contributed by atoms with E-state index in [4.69, 9.17) is 5.11 Å². The van der Waals surface area contributed by atoms with E-state index < -0.39 is 10.0 Å². The number of nitrogens with zero attached hydrogens (tertiary/aromatic N) is 4. The number of aromatic nitrogens is 4. The molecule has 110 valence electrons. The molecule has 2 aromatic heterocycles.